The maximum atomic E-state index is 11.7. The third-order valence-electron chi connectivity index (χ3n) is 5.68. The molecule has 0 bridgehead atoms. The van der Waals surface area contributed by atoms with Gasteiger partial charge < -0.3 is 14.4 Å². The number of nitro benzene ring substituents is 1. The molecule has 1 unspecified atom stereocenters. The number of methoxy groups -OCH3 is 1. The Morgan fingerprint density at radius 2 is 1.93 bits per heavy atom. The highest BCUT2D eigenvalue weighted by molar-refractivity contribution is 9.11. The quantitative estimate of drug-likeness (QED) is 0.386. The molecule has 4 rings (SSSR count). The molecular weight excluding hydrogens is 492 g/mol. The third kappa shape index (κ3) is 2.43. The Kier molecular flexibility index (Phi) is 4.28. The van der Waals surface area contributed by atoms with Gasteiger partial charge in [0.2, 0.25) is 11.5 Å². The summed E-state index contributed by atoms with van der Waals surface area (Å²) >= 11 is 7.21. The number of rotatable bonds is 2. The van der Waals surface area contributed by atoms with Crippen LogP contribution in [0.4, 0.5) is 11.4 Å². The maximum absolute atomic E-state index is 11.7. The van der Waals surface area contributed by atoms with E-state index >= 15 is 0 Å². The molecule has 0 aromatic heterocycles. The summed E-state index contributed by atoms with van der Waals surface area (Å²) in [5.74, 6) is 0.667. The zero-order valence-corrected chi connectivity index (χ0v) is 18.9. The van der Waals surface area contributed by atoms with Gasteiger partial charge in [-0.3, -0.25) is 10.1 Å². The molecule has 0 radical (unpaired) electrons. The van der Waals surface area contributed by atoms with Gasteiger partial charge in [0.05, 0.1) is 29.2 Å². The number of likely N-dealkylation sites (N-methyl/N-ethyl adjacent to an activating group) is 1. The van der Waals surface area contributed by atoms with Crippen LogP contribution in [-0.2, 0) is 5.41 Å². The second-order valence-corrected chi connectivity index (χ2v) is 9.19. The Morgan fingerprint density at radius 1 is 1.21 bits per heavy atom. The van der Waals surface area contributed by atoms with E-state index in [1.165, 1.54) is 13.2 Å². The molecule has 0 saturated heterocycles. The summed E-state index contributed by atoms with van der Waals surface area (Å²) in [5, 5.41) is 11.7. The van der Waals surface area contributed by atoms with E-state index in [-0.39, 0.29) is 11.4 Å². The molecule has 6 nitrogen and oxygen atoms in total. The highest BCUT2D eigenvalue weighted by Crippen LogP contribution is 2.57. The number of hydrogen-bond donors (Lipinski definition) is 0. The lowest BCUT2D eigenvalue weighted by molar-refractivity contribution is -0.386. The summed E-state index contributed by atoms with van der Waals surface area (Å²) in [6, 6.07) is 7.19. The van der Waals surface area contributed by atoms with Gasteiger partial charge in [0, 0.05) is 21.6 Å². The summed E-state index contributed by atoms with van der Waals surface area (Å²) < 4.78 is 13.6. The van der Waals surface area contributed by atoms with Gasteiger partial charge in [-0.25, -0.2) is 0 Å². The van der Waals surface area contributed by atoms with Gasteiger partial charge in [0.25, 0.3) is 0 Å². The van der Waals surface area contributed by atoms with Crippen molar-refractivity contribution < 1.29 is 14.4 Å². The molecule has 0 N–H and O–H groups in total. The van der Waals surface area contributed by atoms with Gasteiger partial charge >= 0.3 is 5.69 Å². The SMILES string of the molecule is COc1cc2c(c([N+](=O)[O-])c1)OC1(C=C2)N(C)c2c(Br)cc(Br)cc2C1(C)C. The Morgan fingerprint density at radius 3 is 2.57 bits per heavy atom. The second kappa shape index (κ2) is 6.22. The van der Waals surface area contributed by atoms with Crippen LogP contribution in [0.2, 0.25) is 0 Å². The van der Waals surface area contributed by atoms with Crippen molar-refractivity contribution in [2.45, 2.75) is 25.0 Å². The maximum Gasteiger partial charge on any atom is 0.315 e. The van der Waals surface area contributed by atoms with E-state index in [1.54, 1.807) is 6.07 Å². The van der Waals surface area contributed by atoms with Gasteiger partial charge in [-0.05, 0) is 65.7 Å². The van der Waals surface area contributed by atoms with Crippen molar-refractivity contribution >= 4 is 49.3 Å². The lowest BCUT2D eigenvalue weighted by Crippen LogP contribution is -2.58. The molecule has 0 fully saturated rings. The first-order chi connectivity index (χ1) is 13.1. The monoisotopic (exact) mass is 508 g/mol. The number of halogens is 2. The molecule has 2 heterocycles. The van der Waals surface area contributed by atoms with Crippen molar-refractivity contribution in [2.75, 3.05) is 19.1 Å². The summed E-state index contributed by atoms with van der Waals surface area (Å²) in [4.78, 5) is 13.3. The van der Waals surface area contributed by atoms with Crippen LogP contribution < -0.4 is 14.4 Å². The van der Waals surface area contributed by atoms with Crippen LogP contribution in [0.15, 0.2) is 39.3 Å². The topological polar surface area (TPSA) is 64.8 Å². The average molecular weight is 510 g/mol. The fraction of sp³-hybridized carbons (Fsp3) is 0.300. The first kappa shape index (κ1) is 19.3. The molecule has 1 atom stereocenters. The predicted molar refractivity (Wildman–Crippen MR) is 115 cm³/mol. The lowest BCUT2D eigenvalue weighted by atomic mass is 9.76. The highest BCUT2D eigenvalue weighted by atomic mass is 79.9. The van der Waals surface area contributed by atoms with Crippen molar-refractivity contribution in [3.8, 4) is 11.5 Å². The molecule has 2 aromatic rings. The second-order valence-electron chi connectivity index (χ2n) is 7.42. The highest BCUT2D eigenvalue weighted by Gasteiger charge is 2.59. The molecule has 146 valence electrons. The van der Waals surface area contributed by atoms with Crippen LogP contribution in [0.3, 0.4) is 0 Å². The van der Waals surface area contributed by atoms with E-state index in [0.717, 1.165) is 20.2 Å². The number of ether oxygens (including phenoxy) is 2. The Labute approximate surface area is 179 Å². The van der Waals surface area contributed by atoms with E-state index in [2.05, 4.69) is 51.8 Å². The first-order valence-electron chi connectivity index (χ1n) is 8.60. The molecule has 28 heavy (non-hydrogen) atoms. The third-order valence-corrected chi connectivity index (χ3v) is 6.74. The summed E-state index contributed by atoms with van der Waals surface area (Å²) in [7, 11) is 3.43. The molecule has 2 aliphatic heterocycles. The van der Waals surface area contributed by atoms with Crippen LogP contribution in [0, 0.1) is 10.1 Å². The van der Waals surface area contributed by atoms with Crippen LogP contribution in [-0.4, -0.2) is 24.8 Å². The van der Waals surface area contributed by atoms with E-state index in [1.807, 2.05) is 30.2 Å². The largest absolute Gasteiger partial charge is 0.496 e. The Hall–Kier alpha value is -2.06. The number of nitrogens with zero attached hydrogens (tertiary/aromatic N) is 2. The summed E-state index contributed by atoms with van der Waals surface area (Å²) in [5.41, 5.74) is 1.20. The van der Waals surface area contributed by atoms with E-state index in [0.29, 0.717) is 11.3 Å². The van der Waals surface area contributed by atoms with Crippen molar-refractivity contribution in [1.29, 1.82) is 0 Å². The minimum atomic E-state index is -0.912. The standard InChI is InChI=1S/C20H18Br2N2O4/c1-19(2)14-8-12(21)9-15(22)17(14)23(3)20(19)6-5-11-7-13(27-4)10-16(24(25)26)18(11)28-20/h5-10H,1-4H3. The minimum Gasteiger partial charge on any atom is -0.496 e. The molecule has 8 heteroatoms. The molecule has 1 spiro atoms. The summed E-state index contributed by atoms with van der Waals surface area (Å²) in [6.07, 6.45) is 3.85. The van der Waals surface area contributed by atoms with E-state index in [4.69, 9.17) is 9.47 Å². The Balaban J connectivity index is 1.94. The number of hydrogen-bond acceptors (Lipinski definition) is 5. The smallest absolute Gasteiger partial charge is 0.315 e. The number of anilines is 1. The van der Waals surface area contributed by atoms with E-state index in [9.17, 15) is 10.1 Å². The summed E-state index contributed by atoms with van der Waals surface area (Å²) in [6.45, 7) is 4.16. The number of benzene rings is 2. The van der Waals surface area contributed by atoms with Gasteiger partial charge in [0.1, 0.15) is 5.75 Å². The van der Waals surface area contributed by atoms with Gasteiger partial charge in [-0.15, -0.1) is 0 Å². The van der Waals surface area contributed by atoms with Crippen molar-refractivity contribution in [3.05, 3.63) is 60.5 Å². The molecular formula is C20H18Br2N2O4. The first-order valence-corrected chi connectivity index (χ1v) is 10.2. The number of fused-ring (bicyclic) bond motifs is 2. The molecule has 0 aliphatic carbocycles. The van der Waals surface area contributed by atoms with Crippen molar-refractivity contribution in [1.82, 2.24) is 0 Å². The molecule has 2 aliphatic rings. The predicted octanol–water partition coefficient (Wildman–Crippen LogP) is 5.66. The zero-order chi connectivity index (χ0) is 20.4. The van der Waals surface area contributed by atoms with Gasteiger partial charge in [0.15, 0.2) is 0 Å². The van der Waals surface area contributed by atoms with Crippen LogP contribution in [0.1, 0.15) is 25.0 Å². The Bertz CT molecular complexity index is 1050. The zero-order valence-electron chi connectivity index (χ0n) is 15.7. The van der Waals surface area contributed by atoms with Gasteiger partial charge in [-0.1, -0.05) is 15.9 Å². The van der Waals surface area contributed by atoms with Crippen LogP contribution >= 0.6 is 31.9 Å². The van der Waals surface area contributed by atoms with Crippen molar-refractivity contribution in [3.63, 3.8) is 0 Å². The van der Waals surface area contributed by atoms with E-state index < -0.39 is 16.1 Å². The molecule has 0 amide bonds. The average Bonchev–Trinajstić information content (AvgIpc) is 2.79. The normalized spacial score (nSPS) is 21.3. The lowest BCUT2D eigenvalue weighted by Gasteiger charge is -2.45. The van der Waals surface area contributed by atoms with Gasteiger partial charge in [-0.2, -0.15) is 0 Å². The molecule has 0 saturated carbocycles. The van der Waals surface area contributed by atoms with Crippen LogP contribution in [0.25, 0.3) is 6.08 Å². The fourth-order valence-electron chi connectivity index (χ4n) is 4.17. The van der Waals surface area contributed by atoms with Crippen molar-refractivity contribution in [2.24, 2.45) is 0 Å². The fourth-order valence-corrected chi connectivity index (χ4v) is 5.66. The molecule has 2 aromatic carbocycles. The minimum absolute atomic E-state index is 0.113. The number of nitro groups is 1. The van der Waals surface area contributed by atoms with Crippen LogP contribution in [0.5, 0.6) is 11.5 Å².